The molecule has 0 atom stereocenters. The average Bonchev–Trinajstić information content (AvgIpc) is 3.55. The molecule has 0 bridgehead atoms. The molecule has 2 aromatic carbocycles. The van der Waals surface area contributed by atoms with E-state index in [1.54, 1.807) is 62.0 Å². The van der Waals surface area contributed by atoms with Crippen molar-refractivity contribution >= 4 is 34.4 Å². The molecule has 3 heterocycles. The van der Waals surface area contributed by atoms with E-state index in [1.807, 2.05) is 11.5 Å². The summed E-state index contributed by atoms with van der Waals surface area (Å²) in [6.07, 6.45) is 4.77. The number of amides is 2. The minimum absolute atomic E-state index is 0.232. The molecule has 5 rings (SSSR count). The minimum atomic E-state index is -0.365. The summed E-state index contributed by atoms with van der Waals surface area (Å²) in [5.74, 6) is -0.564. The first kappa shape index (κ1) is 22.0. The molecule has 5 aromatic rings. The molecule has 0 aliphatic carbocycles. The maximum Gasteiger partial charge on any atom is 0.274 e. The summed E-state index contributed by atoms with van der Waals surface area (Å²) in [6.45, 7) is 1.89. The van der Waals surface area contributed by atoms with Crippen LogP contribution in [0.1, 0.15) is 26.4 Å². The molecule has 10 heteroatoms. The van der Waals surface area contributed by atoms with Crippen molar-refractivity contribution in [3.8, 4) is 5.69 Å². The van der Waals surface area contributed by atoms with Gasteiger partial charge in [-0.1, -0.05) is 0 Å². The lowest BCUT2D eigenvalue weighted by Crippen LogP contribution is -2.26. The molecule has 0 fully saturated rings. The summed E-state index contributed by atoms with van der Waals surface area (Å²) in [5.41, 5.74) is 4.42. The Hall–Kier alpha value is -4.86. The summed E-state index contributed by atoms with van der Waals surface area (Å²) in [6, 6.07) is 14.3. The van der Waals surface area contributed by atoms with Crippen molar-refractivity contribution in [1.82, 2.24) is 24.7 Å². The van der Waals surface area contributed by atoms with Crippen LogP contribution in [0.5, 0.6) is 0 Å². The first-order valence-electron chi connectivity index (χ1n) is 10.7. The number of halogens is 1. The third kappa shape index (κ3) is 4.24. The minimum Gasteiger partial charge on any atom is -0.311 e. The number of H-pyrrole nitrogens is 1. The number of aryl methyl sites for hydroxylation is 1. The number of hydrogen-bond acceptors (Lipinski definition) is 5. The van der Waals surface area contributed by atoms with Crippen molar-refractivity contribution in [3.63, 3.8) is 0 Å². The molecule has 0 saturated heterocycles. The van der Waals surface area contributed by atoms with Gasteiger partial charge in [-0.3, -0.25) is 19.3 Å². The first-order valence-corrected chi connectivity index (χ1v) is 10.7. The number of carbonyl (C=O) groups is 2. The van der Waals surface area contributed by atoms with Crippen LogP contribution in [0.25, 0.3) is 16.7 Å². The lowest BCUT2D eigenvalue weighted by molar-refractivity contribution is 0.0990. The highest BCUT2D eigenvalue weighted by molar-refractivity contribution is 6.07. The Kier molecular flexibility index (Phi) is 5.54. The Morgan fingerprint density at radius 1 is 1.06 bits per heavy atom. The largest absolute Gasteiger partial charge is 0.311 e. The molecule has 2 N–H and O–H groups in total. The number of pyridine rings is 1. The lowest BCUT2D eigenvalue weighted by atomic mass is 10.1. The SMILES string of the molecule is Cc1cc(C(=O)N(C)c2ccc(F)cc2)cc2c1ncn2-c1ccc(NC(=O)c2ccn[nH]2)nc1. The van der Waals surface area contributed by atoms with E-state index in [0.717, 1.165) is 16.6 Å². The van der Waals surface area contributed by atoms with Crippen molar-refractivity contribution in [1.29, 1.82) is 0 Å². The number of anilines is 2. The van der Waals surface area contributed by atoms with Crippen molar-refractivity contribution in [3.05, 3.63) is 96.0 Å². The number of nitrogens with one attached hydrogen (secondary N) is 2. The van der Waals surface area contributed by atoms with Gasteiger partial charge < -0.3 is 10.2 Å². The summed E-state index contributed by atoms with van der Waals surface area (Å²) < 4.78 is 15.1. The highest BCUT2D eigenvalue weighted by atomic mass is 19.1. The fraction of sp³-hybridized carbons (Fsp3) is 0.0800. The van der Waals surface area contributed by atoms with Gasteiger partial charge in [-0.05, 0) is 67.1 Å². The van der Waals surface area contributed by atoms with Gasteiger partial charge in [-0.2, -0.15) is 5.10 Å². The molecule has 0 spiro atoms. The van der Waals surface area contributed by atoms with Crippen LogP contribution >= 0.6 is 0 Å². The second kappa shape index (κ2) is 8.82. The smallest absolute Gasteiger partial charge is 0.274 e. The standard InChI is InChI=1S/C25H20FN7O2/c1-15-11-16(25(35)32(2)18-5-3-17(26)4-6-18)12-21-23(15)28-14-33(21)19-7-8-22(27-13-19)30-24(34)20-9-10-29-31-20/h3-14H,1-2H3,(H,29,31)(H,27,30,34). The van der Waals surface area contributed by atoms with E-state index in [2.05, 4.69) is 25.5 Å². The van der Waals surface area contributed by atoms with Crippen LogP contribution in [-0.2, 0) is 0 Å². The zero-order valence-electron chi connectivity index (χ0n) is 18.9. The zero-order valence-corrected chi connectivity index (χ0v) is 18.9. The summed E-state index contributed by atoms with van der Waals surface area (Å²) in [4.78, 5) is 35.7. The van der Waals surface area contributed by atoms with E-state index in [0.29, 0.717) is 28.5 Å². The second-order valence-corrected chi connectivity index (χ2v) is 7.94. The van der Waals surface area contributed by atoms with E-state index >= 15 is 0 Å². The van der Waals surface area contributed by atoms with Crippen LogP contribution in [-0.4, -0.2) is 43.6 Å². The molecule has 35 heavy (non-hydrogen) atoms. The Morgan fingerprint density at radius 3 is 2.54 bits per heavy atom. The molecule has 3 aromatic heterocycles. The fourth-order valence-corrected chi connectivity index (χ4v) is 3.76. The molecular weight excluding hydrogens is 449 g/mol. The van der Waals surface area contributed by atoms with Crippen LogP contribution < -0.4 is 10.2 Å². The predicted octanol–water partition coefficient (Wildman–Crippen LogP) is 4.12. The molecule has 0 unspecified atom stereocenters. The topological polar surface area (TPSA) is 109 Å². The Balaban J connectivity index is 1.44. The van der Waals surface area contributed by atoms with Gasteiger partial charge in [-0.15, -0.1) is 0 Å². The maximum atomic E-state index is 13.3. The number of aromatic amines is 1. The number of aromatic nitrogens is 5. The molecule has 174 valence electrons. The van der Waals surface area contributed by atoms with Crippen molar-refractivity contribution in [2.45, 2.75) is 6.92 Å². The number of fused-ring (bicyclic) bond motifs is 1. The van der Waals surface area contributed by atoms with Gasteiger partial charge in [0.2, 0.25) is 0 Å². The van der Waals surface area contributed by atoms with Gasteiger partial charge in [0.25, 0.3) is 11.8 Å². The molecular formula is C25H20FN7O2. The number of imidazole rings is 1. The average molecular weight is 469 g/mol. The van der Waals surface area contributed by atoms with Gasteiger partial charge in [0.05, 0.1) is 22.9 Å². The summed E-state index contributed by atoms with van der Waals surface area (Å²) >= 11 is 0. The number of rotatable bonds is 5. The first-order chi connectivity index (χ1) is 16.9. The van der Waals surface area contributed by atoms with Crippen LogP contribution in [0, 0.1) is 12.7 Å². The van der Waals surface area contributed by atoms with E-state index < -0.39 is 0 Å². The van der Waals surface area contributed by atoms with E-state index in [4.69, 9.17) is 0 Å². The monoisotopic (exact) mass is 469 g/mol. The molecule has 2 amide bonds. The predicted molar refractivity (Wildman–Crippen MR) is 129 cm³/mol. The van der Waals surface area contributed by atoms with Gasteiger partial charge in [0.1, 0.15) is 23.7 Å². The molecule has 0 aliphatic heterocycles. The third-order valence-electron chi connectivity index (χ3n) is 5.62. The van der Waals surface area contributed by atoms with Gasteiger partial charge in [-0.25, -0.2) is 14.4 Å². The van der Waals surface area contributed by atoms with Crippen LogP contribution in [0.3, 0.4) is 0 Å². The normalized spacial score (nSPS) is 10.9. The van der Waals surface area contributed by atoms with Gasteiger partial charge in [0.15, 0.2) is 0 Å². The van der Waals surface area contributed by atoms with Crippen LogP contribution in [0.15, 0.2) is 73.3 Å². The quantitative estimate of drug-likeness (QED) is 0.403. The molecule has 0 aliphatic rings. The Labute approximate surface area is 199 Å². The van der Waals surface area contributed by atoms with E-state index in [1.165, 1.54) is 23.2 Å². The van der Waals surface area contributed by atoms with Crippen LogP contribution in [0.2, 0.25) is 0 Å². The van der Waals surface area contributed by atoms with Crippen molar-refractivity contribution < 1.29 is 14.0 Å². The number of hydrogen-bond donors (Lipinski definition) is 2. The maximum absolute atomic E-state index is 13.3. The van der Waals surface area contributed by atoms with Gasteiger partial charge in [0, 0.05) is 24.5 Å². The van der Waals surface area contributed by atoms with E-state index in [9.17, 15) is 14.0 Å². The van der Waals surface area contributed by atoms with Crippen molar-refractivity contribution in [2.24, 2.45) is 0 Å². The highest BCUT2D eigenvalue weighted by Gasteiger charge is 2.18. The number of carbonyl (C=O) groups excluding carboxylic acids is 2. The Morgan fingerprint density at radius 2 is 1.86 bits per heavy atom. The van der Waals surface area contributed by atoms with Crippen molar-refractivity contribution in [2.75, 3.05) is 17.3 Å². The summed E-state index contributed by atoms with van der Waals surface area (Å²) in [7, 11) is 1.65. The molecule has 0 radical (unpaired) electrons. The van der Waals surface area contributed by atoms with Gasteiger partial charge >= 0.3 is 0 Å². The molecule has 0 saturated carbocycles. The highest BCUT2D eigenvalue weighted by Crippen LogP contribution is 2.25. The number of benzene rings is 2. The van der Waals surface area contributed by atoms with E-state index in [-0.39, 0.29) is 17.6 Å². The lowest BCUT2D eigenvalue weighted by Gasteiger charge is -2.18. The Bertz CT molecular complexity index is 1530. The third-order valence-corrected chi connectivity index (χ3v) is 5.62. The second-order valence-electron chi connectivity index (χ2n) is 7.94. The summed E-state index contributed by atoms with van der Waals surface area (Å²) in [5, 5.41) is 9.06. The van der Waals surface area contributed by atoms with Crippen LogP contribution in [0.4, 0.5) is 15.9 Å². The zero-order chi connectivity index (χ0) is 24.5. The number of nitrogens with zero attached hydrogens (tertiary/aromatic N) is 5. The fourth-order valence-electron chi connectivity index (χ4n) is 3.76. The molecule has 9 nitrogen and oxygen atoms in total.